The van der Waals surface area contributed by atoms with Gasteiger partial charge < -0.3 is 19.4 Å². The number of quaternary nitrogens is 1. The topological polar surface area (TPSA) is 111 Å². The Morgan fingerprint density at radius 2 is 0.800 bits per heavy atom. The number of phosphoric ester groups is 1. The second kappa shape index (κ2) is 60.1. The predicted molar refractivity (Wildman–Crippen MR) is 346 cm³/mol. The van der Waals surface area contributed by atoms with Crippen LogP contribution in [0, 0.1) is 0 Å². The van der Waals surface area contributed by atoms with E-state index in [1.54, 1.807) is 0 Å². The van der Waals surface area contributed by atoms with Crippen molar-refractivity contribution in [2.24, 2.45) is 0 Å². The number of carbonyl (C=O) groups is 2. The van der Waals surface area contributed by atoms with Crippen LogP contribution in [-0.4, -0.2) is 74.3 Å². The van der Waals surface area contributed by atoms with E-state index in [-0.39, 0.29) is 31.5 Å². The van der Waals surface area contributed by atoms with Crippen molar-refractivity contribution in [1.29, 1.82) is 0 Å². The molecule has 0 aliphatic heterocycles. The summed E-state index contributed by atoms with van der Waals surface area (Å²) in [5, 5.41) is 3.07. The molecule has 80 heavy (non-hydrogen) atoms. The van der Waals surface area contributed by atoms with E-state index in [0.717, 1.165) is 83.5 Å². The molecule has 0 aromatic heterocycles. The number of amides is 1. The fraction of sp³-hybridized carbons (Fsp3) is 0.857. The van der Waals surface area contributed by atoms with Crippen LogP contribution in [0.5, 0.6) is 0 Å². The predicted octanol–water partition coefficient (Wildman–Crippen LogP) is 21.6. The number of likely N-dealkylation sites (N-methyl/N-ethyl adjacent to an activating group) is 1. The summed E-state index contributed by atoms with van der Waals surface area (Å²) in [5.41, 5.74) is 0. The van der Waals surface area contributed by atoms with Crippen LogP contribution in [0.25, 0.3) is 0 Å². The van der Waals surface area contributed by atoms with E-state index in [4.69, 9.17) is 13.8 Å². The van der Waals surface area contributed by atoms with Crippen LogP contribution in [0.15, 0.2) is 48.6 Å². The average molecular weight is 1150 g/mol. The van der Waals surface area contributed by atoms with Crippen LogP contribution in [-0.2, 0) is 27.9 Å². The molecule has 0 aromatic carbocycles. The zero-order valence-corrected chi connectivity index (χ0v) is 54.7. The molecule has 0 aliphatic rings. The van der Waals surface area contributed by atoms with Gasteiger partial charge in [-0.15, -0.1) is 0 Å². The fourth-order valence-corrected chi connectivity index (χ4v) is 10.9. The highest BCUT2D eigenvalue weighted by atomic mass is 31.2. The van der Waals surface area contributed by atoms with E-state index < -0.39 is 20.0 Å². The second-order valence-corrected chi connectivity index (χ2v) is 26.1. The van der Waals surface area contributed by atoms with Gasteiger partial charge in [0.05, 0.1) is 33.8 Å². The molecule has 0 spiro atoms. The lowest BCUT2D eigenvalue weighted by Gasteiger charge is -2.27. The van der Waals surface area contributed by atoms with Crippen molar-refractivity contribution in [2.75, 3.05) is 40.9 Å². The van der Waals surface area contributed by atoms with Crippen molar-refractivity contribution < 1.29 is 37.3 Å². The summed E-state index contributed by atoms with van der Waals surface area (Å²) in [4.78, 5) is 37.8. The molecule has 0 saturated heterocycles. The van der Waals surface area contributed by atoms with E-state index in [1.807, 2.05) is 33.3 Å². The molecule has 0 radical (unpaired) electrons. The first kappa shape index (κ1) is 78.0. The van der Waals surface area contributed by atoms with Crippen LogP contribution in [0.2, 0.25) is 0 Å². The van der Waals surface area contributed by atoms with Crippen molar-refractivity contribution in [3.05, 3.63) is 48.6 Å². The summed E-state index contributed by atoms with van der Waals surface area (Å²) in [6.07, 6.45) is 75.6. The van der Waals surface area contributed by atoms with Gasteiger partial charge in [0.15, 0.2) is 0 Å². The summed E-state index contributed by atoms with van der Waals surface area (Å²) < 4.78 is 30.8. The van der Waals surface area contributed by atoms with Gasteiger partial charge in [-0.1, -0.05) is 288 Å². The van der Waals surface area contributed by atoms with Crippen LogP contribution >= 0.6 is 7.82 Å². The number of rotatable bonds is 63. The number of nitrogens with zero attached hydrogens (tertiary/aromatic N) is 1. The van der Waals surface area contributed by atoms with Gasteiger partial charge in [0.2, 0.25) is 5.91 Å². The first-order chi connectivity index (χ1) is 38.9. The van der Waals surface area contributed by atoms with Gasteiger partial charge in [-0.25, -0.2) is 4.57 Å². The molecular weight excluding hydrogens is 1010 g/mol. The molecule has 3 unspecified atom stereocenters. The minimum atomic E-state index is -4.45. The molecule has 0 saturated carbocycles. The van der Waals surface area contributed by atoms with Crippen LogP contribution < -0.4 is 5.32 Å². The number of esters is 1. The molecule has 0 bridgehead atoms. The largest absolute Gasteiger partial charge is 0.472 e. The third kappa shape index (κ3) is 60.6. The van der Waals surface area contributed by atoms with Crippen LogP contribution in [0.3, 0.4) is 0 Å². The Bertz CT molecular complexity index is 1510. The standard InChI is InChI=1S/C70H133N2O7P/c1-7-10-13-16-19-22-25-28-30-31-32-33-34-35-36-37-38-39-40-41-42-44-47-50-53-56-59-62-69(73)71-67(66-78-80(75,76)77-65-64-72(4,5)6)68(61-58-55-52-49-46-43-27-24-21-18-15-12-9-3)79-70(74)63-60-57-54-51-48-45-29-26-23-20-17-14-11-8-2/h11,14,20,23,28,30,58,61,67-68H,7-10,12-13,15-19,21-22,24-27,29,31-57,59-60,62-66H2,1-6H3,(H-,71,73,75,76)/p+1/b14-11+,23-20+,30-28+,61-58-. The number of ether oxygens (including phenoxy) is 1. The number of carbonyl (C=O) groups excluding carboxylic acids is 2. The van der Waals surface area contributed by atoms with Gasteiger partial charge in [0.25, 0.3) is 0 Å². The Kier molecular flexibility index (Phi) is 58.6. The maximum absolute atomic E-state index is 13.6. The molecule has 2 N–H and O–H groups in total. The SMILES string of the molecule is CC/C=C/C/C=C/CCCCCCCCCC(=O)OC(/C=C\CCCCCCCCCCCCC)C(COP(=O)(O)OCC[N+](C)(C)C)NC(=O)CCCCCCCCCCCCCCCCCCC/C=C/CCCCCCCC. The molecule has 0 heterocycles. The number of allylic oxidation sites excluding steroid dienone is 7. The summed E-state index contributed by atoms with van der Waals surface area (Å²) in [5.74, 6) is -0.501. The number of unbranched alkanes of at least 4 members (excludes halogenated alkanes) is 41. The summed E-state index contributed by atoms with van der Waals surface area (Å²) in [6.45, 7) is 6.94. The Morgan fingerprint density at radius 3 is 1.20 bits per heavy atom. The maximum atomic E-state index is 13.6. The number of phosphoric acid groups is 1. The van der Waals surface area contributed by atoms with Crippen molar-refractivity contribution in [1.82, 2.24) is 5.32 Å². The molecule has 0 fully saturated rings. The molecular formula is C70H134N2O7P+. The zero-order chi connectivity index (χ0) is 58.6. The lowest BCUT2D eigenvalue weighted by Crippen LogP contribution is -2.47. The van der Waals surface area contributed by atoms with E-state index in [9.17, 15) is 19.0 Å². The van der Waals surface area contributed by atoms with E-state index in [2.05, 4.69) is 62.5 Å². The number of nitrogens with one attached hydrogen (secondary N) is 1. The lowest BCUT2D eigenvalue weighted by molar-refractivity contribution is -0.870. The molecule has 1 amide bonds. The Morgan fingerprint density at radius 1 is 0.450 bits per heavy atom. The number of hydrogen-bond acceptors (Lipinski definition) is 6. The first-order valence-electron chi connectivity index (χ1n) is 34.5. The highest BCUT2D eigenvalue weighted by molar-refractivity contribution is 7.47. The highest BCUT2D eigenvalue weighted by Gasteiger charge is 2.30. The maximum Gasteiger partial charge on any atom is 0.472 e. The molecule has 9 nitrogen and oxygen atoms in total. The molecule has 0 aliphatic carbocycles. The van der Waals surface area contributed by atoms with Crippen LogP contribution in [0.1, 0.15) is 335 Å². The van der Waals surface area contributed by atoms with Crippen molar-refractivity contribution in [3.63, 3.8) is 0 Å². The van der Waals surface area contributed by atoms with Gasteiger partial charge in [0, 0.05) is 12.8 Å². The Balaban J connectivity index is 5.00. The Labute approximate surface area is 497 Å². The van der Waals surface area contributed by atoms with Gasteiger partial charge in [-0.2, -0.15) is 0 Å². The van der Waals surface area contributed by atoms with Gasteiger partial charge in [-0.3, -0.25) is 18.6 Å². The molecule has 10 heteroatoms. The fourth-order valence-electron chi connectivity index (χ4n) is 10.2. The third-order valence-electron chi connectivity index (χ3n) is 15.5. The molecule has 0 aromatic rings. The quantitative estimate of drug-likeness (QED) is 0.0205. The zero-order valence-electron chi connectivity index (χ0n) is 53.8. The van der Waals surface area contributed by atoms with Gasteiger partial charge in [0.1, 0.15) is 19.3 Å². The van der Waals surface area contributed by atoms with Gasteiger partial charge >= 0.3 is 13.8 Å². The van der Waals surface area contributed by atoms with Crippen molar-refractivity contribution in [3.8, 4) is 0 Å². The number of hydrogen-bond donors (Lipinski definition) is 2. The first-order valence-corrected chi connectivity index (χ1v) is 36.0. The molecule has 3 atom stereocenters. The Hall–Kier alpha value is -2.03. The van der Waals surface area contributed by atoms with E-state index in [0.29, 0.717) is 17.4 Å². The minimum Gasteiger partial charge on any atom is -0.456 e. The van der Waals surface area contributed by atoms with Crippen LogP contribution in [0.4, 0.5) is 0 Å². The van der Waals surface area contributed by atoms with E-state index >= 15 is 0 Å². The molecule has 470 valence electrons. The third-order valence-corrected chi connectivity index (χ3v) is 16.5. The summed E-state index contributed by atoms with van der Waals surface area (Å²) >= 11 is 0. The minimum absolute atomic E-state index is 0.0402. The van der Waals surface area contributed by atoms with E-state index in [1.165, 1.54) is 218 Å². The summed E-state index contributed by atoms with van der Waals surface area (Å²) in [6, 6.07) is -0.850. The lowest BCUT2D eigenvalue weighted by atomic mass is 10.0. The smallest absolute Gasteiger partial charge is 0.456 e. The molecule has 0 rings (SSSR count). The monoisotopic (exact) mass is 1150 g/mol. The average Bonchev–Trinajstić information content (AvgIpc) is 3.42. The van der Waals surface area contributed by atoms with Crippen molar-refractivity contribution >= 4 is 19.7 Å². The van der Waals surface area contributed by atoms with Crippen molar-refractivity contribution in [2.45, 2.75) is 348 Å². The second-order valence-electron chi connectivity index (χ2n) is 24.7. The highest BCUT2D eigenvalue weighted by Crippen LogP contribution is 2.43. The van der Waals surface area contributed by atoms with Gasteiger partial charge in [-0.05, 0) is 83.1 Å². The summed E-state index contributed by atoms with van der Waals surface area (Å²) in [7, 11) is 1.50. The normalized spacial score (nSPS) is 13.8.